The molecule has 1 aliphatic rings. The molecular weight excluding hydrogens is 317 g/mol. The van der Waals surface area contributed by atoms with E-state index in [9.17, 15) is 14.3 Å². The van der Waals surface area contributed by atoms with E-state index in [0.717, 1.165) is 17.8 Å². The van der Waals surface area contributed by atoms with Crippen LogP contribution in [-0.2, 0) is 0 Å². The van der Waals surface area contributed by atoms with Crippen molar-refractivity contribution in [3.05, 3.63) is 52.2 Å². The number of benzene rings is 1. The minimum Gasteiger partial charge on any atom is -0.386 e. The zero-order chi connectivity index (χ0) is 16.2. The number of nitrogens with zero attached hydrogens (tertiary/aromatic N) is 1. The van der Waals surface area contributed by atoms with Crippen LogP contribution in [-0.4, -0.2) is 22.7 Å². The van der Waals surface area contributed by atoms with Crippen molar-refractivity contribution in [1.29, 1.82) is 0 Å². The summed E-state index contributed by atoms with van der Waals surface area (Å²) in [6.07, 6.45) is 2.78. The van der Waals surface area contributed by atoms with Gasteiger partial charge in [-0.3, -0.25) is 0 Å². The summed E-state index contributed by atoms with van der Waals surface area (Å²) in [6, 6.07) is 5.51. The predicted octanol–water partition coefficient (Wildman–Crippen LogP) is 2.77. The Morgan fingerprint density at radius 1 is 1.43 bits per heavy atom. The predicted molar refractivity (Wildman–Crippen MR) is 85.5 cm³/mol. The third-order valence-corrected chi connectivity index (χ3v) is 4.68. The minimum atomic E-state index is -1.08. The summed E-state index contributed by atoms with van der Waals surface area (Å²) >= 11 is 1.51. The Bertz CT molecular complexity index is 661. The van der Waals surface area contributed by atoms with Crippen molar-refractivity contribution in [2.24, 2.45) is 5.92 Å². The summed E-state index contributed by atoms with van der Waals surface area (Å²) in [5.74, 6) is -0.0655. The summed E-state index contributed by atoms with van der Waals surface area (Å²) < 4.78 is 13.6. The Morgan fingerprint density at radius 3 is 2.87 bits per heavy atom. The molecule has 0 radical (unpaired) electrons. The molecule has 1 aliphatic carbocycles. The van der Waals surface area contributed by atoms with Crippen LogP contribution in [0.3, 0.4) is 0 Å². The van der Waals surface area contributed by atoms with E-state index in [4.69, 9.17) is 0 Å². The summed E-state index contributed by atoms with van der Waals surface area (Å²) in [6.45, 7) is -0.0535. The molecule has 2 amide bonds. The number of carbonyl (C=O) groups excluding carboxylic acids is 1. The first-order valence-corrected chi connectivity index (χ1v) is 8.39. The molecule has 1 saturated carbocycles. The van der Waals surface area contributed by atoms with Crippen LogP contribution in [0.5, 0.6) is 0 Å². The SMILES string of the molecule is O=C(NCC(O)c1ccccc1F)NC(c1nccs1)C1CC1. The number of amides is 2. The molecule has 3 N–H and O–H groups in total. The molecule has 2 aromatic rings. The number of aliphatic hydroxyl groups excluding tert-OH is 1. The third kappa shape index (κ3) is 4.05. The Labute approximate surface area is 137 Å². The smallest absolute Gasteiger partial charge is 0.315 e. The molecule has 1 fully saturated rings. The first kappa shape index (κ1) is 15.9. The van der Waals surface area contributed by atoms with E-state index in [-0.39, 0.29) is 24.2 Å². The number of nitrogens with one attached hydrogen (secondary N) is 2. The third-order valence-electron chi connectivity index (χ3n) is 3.82. The van der Waals surface area contributed by atoms with E-state index in [2.05, 4.69) is 15.6 Å². The standard InChI is InChI=1S/C16H18FN3O2S/c17-12-4-2-1-3-11(12)13(21)9-19-16(22)20-14(10-5-6-10)15-18-7-8-23-15/h1-4,7-8,10,13-14,21H,5-6,9H2,(H2,19,20,22). The van der Waals surface area contributed by atoms with Crippen molar-refractivity contribution < 1.29 is 14.3 Å². The van der Waals surface area contributed by atoms with E-state index in [0.29, 0.717) is 5.92 Å². The lowest BCUT2D eigenvalue weighted by Crippen LogP contribution is -2.40. The molecule has 0 bridgehead atoms. The van der Waals surface area contributed by atoms with Crippen molar-refractivity contribution in [3.63, 3.8) is 0 Å². The van der Waals surface area contributed by atoms with Gasteiger partial charge in [0, 0.05) is 23.7 Å². The zero-order valence-corrected chi connectivity index (χ0v) is 13.2. The van der Waals surface area contributed by atoms with E-state index < -0.39 is 11.9 Å². The first-order chi connectivity index (χ1) is 11.1. The van der Waals surface area contributed by atoms with Gasteiger partial charge in [0.05, 0.1) is 12.1 Å². The van der Waals surface area contributed by atoms with Gasteiger partial charge in [-0.05, 0) is 24.8 Å². The van der Waals surface area contributed by atoms with Gasteiger partial charge in [-0.15, -0.1) is 11.3 Å². The fourth-order valence-corrected chi connectivity index (χ4v) is 3.22. The van der Waals surface area contributed by atoms with Crippen molar-refractivity contribution in [3.8, 4) is 0 Å². The largest absolute Gasteiger partial charge is 0.386 e. The van der Waals surface area contributed by atoms with Gasteiger partial charge in [0.2, 0.25) is 0 Å². The topological polar surface area (TPSA) is 74.2 Å². The average molecular weight is 335 g/mol. The van der Waals surface area contributed by atoms with Crippen LogP contribution in [0, 0.1) is 11.7 Å². The number of thiazole rings is 1. The number of halogens is 1. The first-order valence-electron chi connectivity index (χ1n) is 7.51. The van der Waals surface area contributed by atoms with Gasteiger partial charge in [-0.1, -0.05) is 18.2 Å². The Balaban J connectivity index is 1.54. The van der Waals surface area contributed by atoms with Crippen molar-refractivity contribution in [2.45, 2.75) is 25.0 Å². The highest BCUT2D eigenvalue weighted by Gasteiger charge is 2.35. The Kier molecular flexibility index (Phi) is 4.88. The van der Waals surface area contributed by atoms with Gasteiger partial charge in [-0.25, -0.2) is 14.2 Å². The fraction of sp³-hybridized carbons (Fsp3) is 0.375. The van der Waals surface area contributed by atoms with Gasteiger partial charge >= 0.3 is 6.03 Å². The number of aliphatic hydroxyl groups is 1. The number of urea groups is 1. The molecule has 3 rings (SSSR count). The van der Waals surface area contributed by atoms with Crippen LogP contribution < -0.4 is 10.6 Å². The van der Waals surface area contributed by atoms with E-state index in [1.165, 1.54) is 23.5 Å². The second kappa shape index (κ2) is 7.06. The van der Waals surface area contributed by atoms with Crippen molar-refractivity contribution in [2.75, 3.05) is 6.54 Å². The second-order valence-corrected chi connectivity index (χ2v) is 6.50. The van der Waals surface area contributed by atoms with Crippen molar-refractivity contribution >= 4 is 17.4 Å². The maximum absolute atomic E-state index is 13.6. The number of hydrogen-bond acceptors (Lipinski definition) is 4. The molecule has 0 saturated heterocycles. The molecule has 1 aromatic heterocycles. The summed E-state index contributed by atoms with van der Waals surface area (Å²) in [4.78, 5) is 16.3. The highest BCUT2D eigenvalue weighted by Crippen LogP contribution is 2.41. The van der Waals surface area contributed by atoms with E-state index in [1.54, 1.807) is 18.3 Å². The molecule has 122 valence electrons. The van der Waals surface area contributed by atoms with Crippen LogP contribution in [0.15, 0.2) is 35.8 Å². The van der Waals surface area contributed by atoms with Crippen molar-refractivity contribution in [1.82, 2.24) is 15.6 Å². The molecule has 1 heterocycles. The summed E-state index contributed by atoms with van der Waals surface area (Å²) in [5, 5.41) is 18.3. The van der Waals surface area contributed by atoms with Crippen LogP contribution >= 0.6 is 11.3 Å². The molecule has 2 unspecified atom stereocenters. The number of aromatic nitrogens is 1. The number of rotatable bonds is 6. The van der Waals surface area contributed by atoms with E-state index in [1.807, 2.05) is 5.38 Å². The maximum atomic E-state index is 13.6. The highest BCUT2D eigenvalue weighted by molar-refractivity contribution is 7.09. The van der Waals surface area contributed by atoms with Crippen LogP contribution in [0.1, 0.15) is 35.6 Å². The summed E-state index contributed by atoms with van der Waals surface area (Å²) in [7, 11) is 0. The lowest BCUT2D eigenvalue weighted by Gasteiger charge is -2.18. The molecule has 23 heavy (non-hydrogen) atoms. The lowest BCUT2D eigenvalue weighted by atomic mass is 10.1. The number of hydrogen-bond donors (Lipinski definition) is 3. The van der Waals surface area contributed by atoms with Gasteiger partial charge < -0.3 is 15.7 Å². The monoisotopic (exact) mass is 335 g/mol. The van der Waals surface area contributed by atoms with Gasteiger partial charge in [0.25, 0.3) is 0 Å². The molecule has 7 heteroatoms. The minimum absolute atomic E-state index is 0.0535. The lowest BCUT2D eigenvalue weighted by molar-refractivity contribution is 0.168. The average Bonchev–Trinajstić information content (AvgIpc) is 3.24. The zero-order valence-electron chi connectivity index (χ0n) is 12.4. The second-order valence-electron chi connectivity index (χ2n) is 5.58. The van der Waals surface area contributed by atoms with Gasteiger partial charge in [0.15, 0.2) is 0 Å². The fourth-order valence-electron chi connectivity index (χ4n) is 2.44. The molecule has 0 spiro atoms. The highest BCUT2D eigenvalue weighted by atomic mass is 32.1. The quantitative estimate of drug-likeness (QED) is 0.760. The summed E-state index contributed by atoms with van der Waals surface area (Å²) in [5.41, 5.74) is 0.173. The van der Waals surface area contributed by atoms with Crippen LogP contribution in [0.2, 0.25) is 0 Å². The molecule has 5 nitrogen and oxygen atoms in total. The van der Waals surface area contributed by atoms with Crippen LogP contribution in [0.25, 0.3) is 0 Å². The molecule has 0 aliphatic heterocycles. The normalized spacial score (nSPS) is 16.6. The maximum Gasteiger partial charge on any atom is 0.315 e. The van der Waals surface area contributed by atoms with E-state index >= 15 is 0 Å². The molecular formula is C16H18FN3O2S. The number of carbonyl (C=O) groups is 1. The van der Waals surface area contributed by atoms with Gasteiger partial charge in [-0.2, -0.15) is 0 Å². The molecule has 1 aromatic carbocycles. The van der Waals surface area contributed by atoms with Crippen LogP contribution in [0.4, 0.5) is 9.18 Å². The van der Waals surface area contributed by atoms with Gasteiger partial charge in [0.1, 0.15) is 10.8 Å². The Morgan fingerprint density at radius 2 is 2.22 bits per heavy atom. The molecule has 2 atom stereocenters. The Hall–Kier alpha value is -1.99.